The molecule has 0 radical (unpaired) electrons. The topological polar surface area (TPSA) is 73.6 Å². The van der Waals surface area contributed by atoms with Gasteiger partial charge in [-0.2, -0.15) is 4.39 Å². The summed E-state index contributed by atoms with van der Waals surface area (Å²) in [6, 6.07) is 3.89. The number of benzene rings is 1. The van der Waals surface area contributed by atoms with E-state index in [1.807, 2.05) is 0 Å². The highest BCUT2D eigenvalue weighted by Gasteiger charge is 2.34. The minimum Gasteiger partial charge on any atom is -0.378 e. The predicted octanol–water partition coefficient (Wildman–Crippen LogP) is 1.63. The van der Waals surface area contributed by atoms with Gasteiger partial charge in [0.05, 0.1) is 11.5 Å². The van der Waals surface area contributed by atoms with Crippen LogP contribution in [0.25, 0.3) is 0 Å². The van der Waals surface area contributed by atoms with Gasteiger partial charge in [-0.3, -0.25) is 10.1 Å². The molecule has 0 saturated carbocycles. The number of nitro groups is 1. The maximum Gasteiger partial charge on any atom is 0.304 e. The fraction of sp³-hybridized carbons (Fsp3) is 0.538. The molecule has 1 aromatic rings. The van der Waals surface area contributed by atoms with Gasteiger partial charge >= 0.3 is 5.69 Å². The molecule has 1 unspecified atom stereocenters. The van der Waals surface area contributed by atoms with E-state index in [9.17, 15) is 14.5 Å². The molecule has 20 heavy (non-hydrogen) atoms. The Hall–Kier alpha value is -1.57. The minimum absolute atomic E-state index is 0.334. The van der Waals surface area contributed by atoms with Crippen molar-refractivity contribution in [1.29, 1.82) is 0 Å². The summed E-state index contributed by atoms with van der Waals surface area (Å²) in [5.41, 5.74) is -0.191. The van der Waals surface area contributed by atoms with Crippen LogP contribution >= 0.6 is 0 Å². The van der Waals surface area contributed by atoms with E-state index < -0.39 is 16.4 Å². The Morgan fingerprint density at radius 2 is 2.40 bits per heavy atom. The Kier molecular flexibility index (Phi) is 4.64. The molecule has 0 spiro atoms. The van der Waals surface area contributed by atoms with Gasteiger partial charge in [-0.25, -0.2) is 0 Å². The number of hydrogen-bond acceptors (Lipinski definition) is 5. The second-order valence-electron chi connectivity index (χ2n) is 4.84. The van der Waals surface area contributed by atoms with Gasteiger partial charge in [0.15, 0.2) is 0 Å². The van der Waals surface area contributed by atoms with Crippen LogP contribution in [0.3, 0.4) is 0 Å². The molecule has 1 aromatic carbocycles. The highest BCUT2D eigenvalue weighted by molar-refractivity contribution is 5.34. The molecule has 0 bridgehead atoms. The second kappa shape index (κ2) is 6.25. The van der Waals surface area contributed by atoms with Crippen LogP contribution in [0.5, 0.6) is 0 Å². The second-order valence-corrected chi connectivity index (χ2v) is 4.84. The third-order valence-corrected chi connectivity index (χ3v) is 3.49. The summed E-state index contributed by atoms with van der Waals surface area (Å²) in [6.45, 7) is 2.20. The van der Waals surface area contributed by atoms with Gasteiger partial charge in [0.2, 0.25) is 5.82 Å². The van der Waals surface area contributed by atoms with Crippen LogP contribution in [0, 0.1) is 15.9 Å². The molecule has 1 fully saturated rings. The normalized spacial score (nSPS) is 22.1. The molecule has 1 saturated heterocycles. The monoisotopic (exact) mass is 284 g/mol. The molecule has 1 heterocycles. The summed E-state index contributed by atoms with van der Waals surface area (Å²) in [5.74, 6) is -0.819. The van der Waals surface area contributed by atoms with Crippen molar-refractivity contribution in [1.82, 2.24) is 5.32 Å². The van der Waals surface area contributed by atoms with Crippen LogP contribution in [0.2, 0.25) is 0 Å². The maximum absolute atomic E-state index is 13.5. The van der Waals surface area contributed by atoms with E-state index in [0.717, 1.165) is 6.42 Å². The lowest BCUT2D eigenvalue weighted by molar-refractivity contribution is -0.387. The van der Waals surface area contributed by atoms with Gasteiger partial charge in [-0.15, -0.1) is 0 Å². The maximum atomic E-state index is 13.5. The van der Waals surface area contributed by atoms with Crippen molar-refractivity contribution in [2.24, 2.45) is 0 Å². The van der Waals surface area contributed by atoms with Crippen molar-refractivity contribution in [3.63, 3.8) is 0 Å². The van der Waals surface area contributed by atoms with Crippen LogP contribution in [0.4, 0.5) is 10.1 Å². The van der Waals surface area contributed by atoms with E-state index in [4.69, 9.17) is 9.47 Å². The molecule has 1 aliphatic heterocycles. The zero-order valence-electron chi connectivity index (χ0n) is 11.2. The van der Waals surface area contributed by atoms with E-state index in [2.05, 4.69) is 5.32 Å². The Labute approximate surface area is 116 Å². The van der Waals surface area contributed by atoms with Gasteiger partial charge in [-0.1, -0.05) is 6.07 Å². The molecule has 2 rings (SSSR count). The number of ether oxygens (including phenoxy) is 2. The zero-order valence-corrected chi connectivity index (χ0v) is 11.2. The van der Waals surface area contributed by atoms with Crippen molar-refractivity contribution >= 4 is 5.69 Å². The molecule has 0 aromatic heterocycles. The Morgan fingerprint density at radius 3 is 2.95 bits per heavy atom. The van der Waals surface area contributed by atoms with Crippen molar-refractivity contribution in [2.45, 2.75) is 18.6 Å². The molecule has 6 nitrogen and oxygen atoms in total. The lowest BCUT2D eigenvalue weighted by Gasteiger charge is -2.26. The molecule has 110 valence electrons. The first-order chi connectivity index (χ1) is 9.56. The van der Waals surface area contributed by atoms with Crippen molar-refractivity contribution < 1.29 is 18.8 Å². The molecule has 1 N–H and O–H groups in total. The smallest absolute Gasteiger partial charge is 0.304 e. The molecule has 0 amide bonds. The summed E-state index contributed by atoms with van der Waals surface area (Å²) >= 11 is 0. The third kappa shape index (κ3) is 3.30. The lowest BCUT2D eigenvalue weighted by Crippen LogP contribution is -2.42. The highest BCUT2D eigenvalue weighted by Crippen LogP contribution is 2.22. The fourth-order valence-electron chi connectivity index (χ4n) is 2.20. The van der Waals surface area contributed by atoms with Crippen LogP contribution in [-0.4, -0.2) is 37.4 Å². The van der Waals surface area contributed by atoms with Crippen molar-refractivity contribution in [3.8, 4) is 0 Å². The SMILES string of the molecule is COC1(CNCc2ccc([N+](=O)[O-])c(F)c2)CCOC1. The van der Waals surface area contributed by atoms with E-state index in [1.54, 1.807) is 13.2 Å². The Balaban J connectivity index is 1.91. The van der Waals surface area contributed by atoms with Crippen LogP contribution in [-0.2, 0) is 16.0 Å². The van der Waals surface area contributed by atoms with Crippen LogP contribution < -0.4 is 5.32 Å². The first-order valence-electron chi connectivity index (χ1n) is 6.33. The average molecular weight is 284 g/mol. The van der Waals surface area contributed by atoms with Gasteiger partial charge in [0.25, 0.3) is 0 Å². The van der Waals surface area contributed by atoms with Gasteiger partial charge in [-0.05, 0) is 11.6 Å². The van der Waals surface area contributed by atoms with E-state index in [-0.39, 0.29) is 5.60 Å². The number of hydrogen-bond donors (Lipinski definition) is 1. The van der Waals surface area contributed by atoms with Crippen LogP contribution in [0.15, 0.2) is 18.2 Å². The Bertz CT molecular complexity index is 489. The van der Waals surface area contributed by atoms with Crippen molar-refractivity contribution in [2.75, 3.05) is 26.9 Å². The van der Waals surface area contributed by atoms with Crippen LogP contribution in [0.1, 0.15) is 12.0 Å². The number of nitrogens with one attached hydrogen (secondary N) is 1. The lowest BCUT2D eigenvalue weighted by atomic mass is 10.0. The van der Waals surface area contributed by atoms with Gasteiger partial charge in [0.1, 0.15) is 5.60 Å². The summed E-state index contributed by atoms with van der Waals surface area (Å²) in [6.07, 6.45) is 0.811. The standard InChI is InChI=1S/C13H17FN2O4/c1-19-13(4-5-20-9-13)8-15-7-10-2-3-12(16(17)18)11(14)6-10/h2-3,6,15H,4-5,7-9H2,1H3. The summed E-state index contributed by atoms with van der Waals surface area (Å²) in [4.78, 5) is 9.79. The molecule has 1 aliphatic rings. The van der Waals surface area contributed by atoms with Gasteiger partial charge < -0.3 is 14.8 Å². The number of nitrogens with zero attached hydrogens (tertiary/aromatic N) is 1. The molecule has 1 atom stereocenters. The first kappa shape index (κ1) is 14.8. The van der Waals surface area contributed by atoms with E-state index in [0.29, 0.717) is 31.9 Å². The van der Waals surface area contributed by atoms with Crippen molar-refractivity contribution in [3.05, 3.63) is 39.7 Å². The Morgan fingerprint density at radius 1 is 1.60 bits per heavy atom. The number of rotatable bonds is 6. The summed E-state index contributed by atoms with van der Waals surface area (Å²) < 4.78 is 24.2. The van der Waals surface area contributed by atoms with E-state index in [1.165, 1.54) is 12.1 Å². The largest absolute Gasteiger partial charge is 0.378 e. The zero-order chi connectivity index (χ0) is 14.6. The van der Waals surface area contributed by atoms with E-state index >= 15 is 0 Å². The minimum atomic E-state index is -0.819. The van der Waals surface area contributed by atoms with Gasteiger partial charge in [0, 0.05) is 39.3 Å². The summed E-state index contributed by atoms with van der Waals surface area (Å²) in [5, 5.41) is 13.7. The predicted molar refractivity (Wildman–Crippen MR) is 69.9 cm³/mol. The molecule has 7 heteroatoms. The fourth-order valence-corrected chi connectivity index (χ4v) is 2.20. The average Bonchev–Trinajstić information content (AvgIpc) is 2.88. The molecular formula is C13H17FN2O4. The quantitative estimate of drug-likeness (QED) is 0.635. The highest BCUT2D eigenvalue weighted by atomic mass is 19.1. The molecular weight excluding hydrogens is 267 g/mol. The summed E-state index contributed by atoms with van der Waals surface area (Å²) in [7, 11) is 1.64. The number of halogens is 1. The third-order valence-electron chi connectivity index (χ3n) is 3.49. The number of methoxy groups -OCH3 is 1. The number of nitro benzene ring substituents is 1. The molecule has 0 aliphatic carbocycles. The first-order valence-corrected chi connectivity index (χ1v) is 6.33.